The van der Waals surface area contributed by atoms with Gasteiger partial charge in [-0.25, -0.2) is 0 Å². The van der Waals surface area contributed by atoms with Crippen molar-refractivity contribution in [1.82, 2.24) is 10.2 Å². The molecular weight excluding hydrogens is 440 g/mol. The highest BCUT2D eigenvalue weighted by atomic mass is 32.1. The minimum atomic E-state index is -0.294. The van der Waals surface area contributed by atoms with Gasteiger partial charge in [-0.3, -0.25) is 10.1 Å². The van der Waals surface area contributed by atoms with Gasteiger partial charge in [-0.2, -0.15) is 0 Å². The number of methoxy groups -OCH3 is 2. The molecule has 0 atom stereocenters. The average molecular weight is 465 g/mol. The van der Waals surface area contributed by atoms with Crippen LogP contribution in [-0.2, 0) is 6.54 Å². The number of ether oxygens (including phenoxy) is 3. The molecule has 170 valence electrons. The van der Waals surface area contributed by atoms with Crippen molar-refractivity contribution in [3.8, 4) is 17.2 Å². The largest absolute Gasteiger partial charge is 0.493 e. The summed E-state index contributed by atoms with van der Waals surface area (Å²) >= 11 is 1.26. The van der Waals surface area contributed by atoms with Crippen LogP contribution in [0.5, 0.6) is 17.2 Å². The Kier molecular flexibility index (Phi) is 6.89. The molecule has 1 heterocycles. The van der Waals surface area contributed by atoms with Gasteiger partial charge < -0.3 is 19.5 Å². The minimum Gasteiger partial charge on any atom is -0.493 e. The number of fused-ring (bicyclic) bond motifs is 1. The maximum Gasteiger partial charge on any atom is 0.261 e. The van der Waals surface area contributed by atoms with Gasteiger partial charge in [-0.1, -0.05) is 47.7 Å². The van der Waals surface area contributed by atoms with Crippen LogP contribution >= 0.6 is 11.3 Å². The van der Waals surface area contributed by atoms with Crippen LogP contribution in [0.15, 0.2) is 54.6 Å². The first kappa shape index (κ1) is 22.3. The molecule has 8 nitrogen and oxygen atoms in total. The molecule has 2 N–H and O–H groups in total. The maximum absolute atomic E-state index is 13.1. The van der Waals surface area contributed by atoms with Crippen LogP contribution < -0.4 is 24.8 Å². The lowest BCUT2D eigenvalue weighted by atomic mass is 10.0. The Morgan fingerprint density at radius 1 is 0.939 bits per heavy atom. The first-order chi connectivity index (χ1) is 16.1. The molecule has 0 aliphatic carbocycles. The zero-order chi connectivity index (χ0) is 23.2. The smallest absolute Gasteiger partial charge is 0.261 e. The number of benzene rings is 3. The zero-order valence-electron chi connectivity index (χ0n) is 18.5. The summed E-state index contributed by atoms with van der Waals surface area (Å²) in [5, 5.41) is 17.1. The van der Waals surface area contributed by atoms with E-state index in [1.807, 2.05) is 61.5 Å². The van der Waals surface area contributed by atoms with Crippen molar-refractivity contribution in [1.29, 1.82) is 0 Å². The van der Waals surface area contributed by atoms with Gasteiger partial charge in [0, 0.05) is 6.54 Å². The van der Waals surface area contributed by atoms with E-state index < -0.39 is 0 Å². The molecule has 9 heteroatoms. The van der Waals surface area contributed by atoms with Gasteiger partial charge in [-0.15, -0.1) is 10.2 Å². The van der Waals surface area contributed by atoms with E-state index >= 15 is 0 Å². The predicted octanol–water partition coefficient (Wildman–Crippen LogP) is 4.97. The third-order valence-corrected chi connectivity index (χ3v) is 5.75. The Morgan fingerprint density at radius 3 is 2.48 bits per heavy atom. The van der Waals surface area contributed by atoms with Crippen LogP contribution in [0.25, 0.3) is 10.8 Å². The van der Waals surface area contributed by atoms with Crippen molar-refractivity contribution in [2.24, 2.45) is 0 Å². The summed E-state index contributed by atoms with van der Waals surface area (Å²) in [7, 11) is 3.20. The van der Waals surface area contributed by atoms with Crippen molar-refractivity contribution in [3.63, 3.8) is 0 Å². The normalized spacial score (nSPS) is 10.6. The van der Waals surface area contributed by atoms with Gasteiger partial charge in [0.15, 0.2) is 11.5 Å². The molecule has 4 rings (SSSR count). The van der Waals surface area contributed by atoms with Crippen molar-refractivity contribution in [2.75, 3.05) is 31.5 Å². The second-order valence-corrected chi connectivity index (χ2v) is 7.98. The van der Waals surface area contributed by atoms with E-state index in [2.05, 4.69) is 20.8 Å². The molecule has 0 aliphatic heterocycles. The lowest BCUT2D eigenvalue weighted by molar-refractivity contribution is 0.102. The number of carbonyl (C=O) groups is 1. The fourth-order valence-corrected chi connectivity index (χ4v) is 4.07. The molecular formula is C24H24N4O4S. The number of amides is 1. The van der Waals surface area contributed by atoms with Gasteiger partial charge in [0.2, 0.25) is 10.3 Å². The SMILES string of the molecule is CCOc1ccc2ccccc2c1C(=O)Nc1nnc(NCc2ccc(OC)c(OC)c2)s1. The first-order valence-electron chi connectivity index (χ1n) is 10.4. The molecule has 1 amide bonds. The Bertz CT molecular complexity index is 1270. The summed E-state index contributed by atoms with van der Waals surface area (Å²) in [5.74, 6) is 1.56. The Balaban J connectivity index is 1.48. The van der Waals surface area contributed by atoms with Gasteiger partial charge >= 0.3 is 0 Å². The average Bonchev–Trinajstić information content (AvgIpc) is 3.29. The molecule has 1 aromatic heterocycles. The molecule has 0 radical (unpaired) electrons. The highest BCUT2D eigenvalue weighted by molar-refractivity contribution is 7.19. The van der Waals surface area contributed by atoms with E-state index in [1.54, 1.807) is 14.2 Å². The molecule has 4 aromatic rings. The monoisotopic (exact) mass is 464 g/mol. The van der Waals surface area contributed by atoms with Gasteiger partial charge in [0.05, 0.1) is 26.4 Å². The highest BCUT2D eigenvalue weighted by Gasteiger charge is 2.18. The summed E-state index contributed by atoms with van der Waals surface area (Å²) in [6.07, 6.45) is 0. The first-order valence-corrected chi connectivity index (χ1v) is 11.2. The summed E-state index contributed by atoms with van der Waals surface area (Å²) in [4.78, 5) is 13.1. The Morgan fingerprint density at radius 2 is 1.70 bits per heavy atom. The van der Waals surface area contributed by atoms with Crippen molar-refractivity contribution in [3.05, 3.63) is 65.7 Å². The lowest BCUT2D eigenvalue weighted by Crippen LogP contribution is -2.14. The van der Waals surface area contributed by atoms with Crippen molar-refractivity contribution in [2.45, 2.75) is 13.5 Å². The molecule has 0 bridgehead atoms. The highest BCUT2D eigenvalue weighted by Crippen LogP contribution is 2.31. The van der Waals surface area contributed by atoms with Crippen LogP contribution in [-0.4, -0.2) is 36.9 Å². The van der Waals surface area contributed by atoms with Crippen LogP contribution in [0.3, 0.4) is 0 Å². The second kappa shape index (κ2) is 10.2. The number of anilines is 2. The lowest BCUT2D eigenvalue weighted by Gasteiger charge is -2.12. The fraction of sp³-hybridized carbons (Fsp3) is 0.208. The molecule has 0 fully saturated rings. The molecule has 0 unspecified atom stereocenters. The number of carbonyl (C=O) groups excluding carboxylic acids is 1. The summed E-state index contributed by atoms with van der Waals surface area (Å²) in [6, 6.07) is 17.1. The number of hydrogen-bond acceptors (Lipinski definition) is 8. The molecule has 0 saturated carbocycles. The van der Waals surface area contributed by atoms with E-state index in [0.717, 1.165) is 16.3 Å². The van der Waals surface area contributed by atoms with E-state index in [0.29, 0.717) is 46.2 Å². The second-order valence-electron chi connectivity index (χ2n) is 7.00. The number of nitrogens with one attached hydrogen (secondary N) is 2. The fourth-order valence-electron chi connectivity index (χ4n) is 3.43. The van der Waals surface area contributed by atoms with Gasteiger partial charge in [0.1, 0.15) is 5.75 Å². The van der Waals surface area contributed by atoms with Crippen molar-refractivity contribution < 1.29 is 19.0 Å². The molecule has 33 heavy (non-hydrogen) atoms. The van der Waals surface area contributed by atoms with E-state index in [9.17, 15) is 4.79 Å². The number of nitrogens with zero attached hydrogens (tertiary/aromatic N) is 2. The minimum absolute atomic E-state index is 0.294. The van der Waals surface area contributed by atoms with Crippen LogP contribution in [0.1, 0.15) is 22.8 Å². The topological polar surface area (TPSA) is 94.6 Å². The zero-order valence-corrected chi connectivity index (χ0v) is 19.4. The number of aromatic nitrogens is 2. The summed E-state index contributed by atoms with van der Waals surface area (Å²) < 4.78 is 16.3. The predicted molar refractivity (Wildman–Crippen MR) is 130 cm³/mol. The van der Waals surface area contributed by atoms with Gasteiger partial charge in [-0.05, 0) is 41.5 Å². The van der Waals surface area contributed by atoms with Crippen molar-refractivity contribution >= 4 is 38.3 Å². The molecule has 0 saturated heterocycles. The third-order valence-electron chi connectivity index (χ3n) is 4.95. The number of rotatable bonds is 9. The Hall–Kier alpha value is -3.85. The molecule has 3 aromatic carbocycles. The van der Waals surface area contributed by atoms with Crippen LogP contribution in [0.4, 0.5) is 10.3 Å². The molecule has 0 aliphatic rings. The third kappa shape index (κ3) is 4.98. The van der Waals surface area contributed by atoms with E-state index in [1.165, 1.54) is 11.3 Å². The maximum atomic E-state index is 13.1. The molecule has 0 spiro atoms. The summed E-state index contributed by atoms with van der Waals surface area (Å²) in [5.41, 5.74) is 1.47. The van der Waals surface area contributed by atoms with Gasteiger partial charge in [0.25, 0.3) is 5.91 Å². The summed E-state index contributed by atoms with van der Waals surface area (Å²) in [6.45, 7) is 2.86. The number of hydrogen-bond donors (Lipinski definition) is 2. The van der Waals surface area contributed by atoms with Crippen LogP contribution in [0, 0.1) is 0 Å². The van der Waals surface area contributed by atoms with E-state index in [-0.39, 0.29) is 5.91 Å². The van der Waals surface area contributed by atoms with E-state index in [4.69, 9.17) is 14.2 Å². The Labute approximate surface area is 195 Å². The standard InChI is InChI=1S/C24H24N4O4S/c1-4-32-19-12-10-16-7-5-6-8-17(16)21(19)22(29)26-24-28-27-23(33-24)25-14-15-9-11-18(30-2)20(13-15)31-3/h5-13H,4,14H2,1-3H3,(H,25,27)(H,26,28,29). The quantitative estimate of drug-likeness (QED) is 0.361. The van der Waals surface area contributed by atoms with Crippen LogP contribution in [0.2, 0.25) is 0 Å².